The molecule has 2 aromatic carbocycles. The highest BCUT2D eigenvalue weighted by Gasteiger charge is 2.13. The molecule has 0 aliphatic rings. The summed E-state index contributed by atoms with van der Waals surface area (Å²) >= 11 is 12.1. The predicted molar refractivity (Wildman–Crippen MR) is 102 cm³/mol. The van der Waals surface area contributed by atoms with Gasteiger partial charge in [0.2, 0.25) is 0 Å². The molecule has 0 unspecified atom stereocenters. The predicted octanol–water partition coefficient (Wildman–Crippen LogP) is 6.22. The lowest BCUT2D eigenvalue weighted by Gasteiger charge is -2.16. The Morgan fingerprint density at radius 1 is 1.12 bits per heavy atom. The van der Waals surface area contributed by atoms with E-state index in [9.17, 15) is 4.79 Å². The number of carbonyl (C=O) groups excluding carboxylic acids is 1. The number of hydrogen-bond donors (Lipinski definition) is 2. The molecule has 0 radical (unpaired) electrons. The zero-order valence-electron chi connectivity index (χ0n) is 13.9. The highest BCUT2D eigenvalue weighted by Crippen LogP contribution is 2.26. The fraction of sp³-hybridized carbons (Fsp3) is 0.316. The first-order valence-electron chi connectivity index (χ1n) is 8.11. The molecule has 5 heteroatoms. The van der Waals surface area contributed by atoms with Crippen molar-refractivity contribution in [1.82, 2.24) is 5.32 Å². The smallest absolute Gasteiger partial charge is 0.319 e. The first kappa shape index (κ1) is 18.6. The fourth-order valence-electron chi connectivity index (χ4n) is 2.43. The summed E-state index contributed by atoms with van der Waals surface area (Å²) in [4.78, 5) is 12.1. The summed E-state index contributed by atoms with van der Waals surface area (Å²) in [5.74, 6) is 0. The van der Waals surface area contributed by atoms with E-state index in [0.717, 1.165) is 17.7 Å². The van der Waals surface area contributed by atoms with Crippen molar-refractivity contribution < 1.29 is 4.79 Å². The average molecular weight is 365 g/mol. The molecule has 2 aromatic rings. The average Bonchev–Trinajstić information content (AvgIpc) is 2.54. The normalized spacial score (nSPS) is 11.8. The van der Waals surface area contributed by atoms with Crippen LogP contribution in [0.25, 0.3) is 0 Å². The SMILES string of the molecule is CCCCc1ccc(NC(=O)N[C@H](C)c2ccc(Cl)cc2Cl)cc1. The molecule has 2 rings (SSSR count). The standard InChI is InChI=1S/C19H22Cl2N2O/c1-3-4-5-14-6-9-16(10-7-14)23-19(24)22-13(2)17-11-8-15(20)12-18(17)21/h6-13H,3-5H2,1-2H3,(H2,22,23,24)/t13-/m1/s1. The van der Waals surface area contributed by atoms with E-state index >= 15 is 0 Å². The van der Waals surface area contributed by atoms with Crippen molar-refractivity contribution in [2.75, 3.05) is 5.32 Å². The molecule has 0 fully saturated rings. The van der Waals surface area contributed by atoms with E-state index in [1.54, 1.807) is 12.1 Å². The van der Waals surface area contributed by atoms with Gasteiger partial charge in [-0.05, 0) is 55.2 Å². The van der Waals surface area contributed by atoms with E-state index in [4.69, 9.17) is 23.2 Å². The molecule has 0 spiro atoms. The van der Waals surface area contributed by atoms with Gasteiger partial charge in [0, 0.05) is 15.7 Å². The molecule has 0 bridgehead atoms. The van der Waals surface area contributed by atoms with Crippen molar-refractivity contribution in [3.8, 4) is 0 Å². The number of hydrogen-bond acceptors (Lipinski definition) is 1. The van der Waals surface area contributed by atoms with Crippen LogP contribution in [-0.4, -0.2) is 6.03 Å². The quantitative estimate of drug-likeness (QED) is 0.627. The van der Waals surface area contributed by atoms with Gasteiger partial charge in [0.25, 0.3) is 0 Å². The van der Waals surface area contributed by atoms with Gasteiger partial charge in [-0.25, -0.2) is 4.79 Å². The van der Waals surface area contributed by atoms with Crippen LogP contribution in [0, 0.1) is 0 Å². The summed E-state index contributed by atoms with van der Waals surface area (Å²) in [6.45, 7) is 4.05. The summed E-state index contributed by atoms with van der Waals surface area (Å²) in [5, 5.41) is 6.82. The Kier molecular flexibility index (Phi) is 6.95. The number of aryl methyl sites for hydroxylation is 1. The number of unbranched alkanes of at least 4 members (excludes halogenated alkanes) is 1. The van der Waals surface area contributed by atoms with Gasteiger partial charge in [0.15, 0.2) is 0 Å². The van der Waals surface area contributed by atoms with E-state index < -0.39 is 0 Å². The number of urea groups is 1. The van der Waals surface area contributed by atoms with Crippen molar-refractivity contribution in [3.05, 3.63) is 63.6 Å². The Bertz CT molecular complexity index is 686. The fourth-order valence-corrected chi connectivity index (χ4v) is 3.00. The molecular formula is C19H22Cl2N2O. The van der Waals surface area contributed by atoms with Crippen LogP contribution in [0.1, 0.15) is 43.9 Å². The second-order valence-corrected chi connectivity index (χ2v) is 6.63. The number of rotatable bonds is 6. The third-order valence-electron chi connectivity index (χ3n) is 3.81. The molecule has 2 N–H and O–H groups in total. The van der Waals surface area contributed by atoms with Crippen LogP contribution in [0.2, 0.25) is 10.0 Å². The highest BCUT2D eigenvalue weighted by atomic mass is 35.5. The van der Waals surface area contributed by atoms with Crippen LogP contribution in [0.4, 0.5) is 10.5 Å². The molecule has 24 heavy (non-hydrogen) atoms. The minimum Gasteiger partial charge on any atom is -0.331 e. The molecular weight excluding hydrogens is 343 g/mol. The van der Waals surface area contributed by atoms with E-state index in [0.29, 0.717) is 10.0 Å². The number of amides is 2. The van der Waals surface area contributed by atoms with Crippen LogP contribution in [0.3, 0.4) is 0 Å². The van der Waals surface area contributed by atoms with Crippen molar-refractivity contribution in [3.63, 3.8) is 0 Å². The lowest BCUT2D eigenvalue weighted by molar-refractivity contribution is 0.249. The van der Waals surface area contributed by atoms with Gasteiger partial charge in [-0.1, -0.05) is 54.7 Å². The number of carbonyl (C=O) groups is 1. The van der Waals surface area contributed by atoms with Crippen molar-refractivity contribution in [2.24, 2.45) is 0 Å². The molecule has 128 valence electrons. The van der Waals surface area contributed by atoms with E-state index in [1.165, 1.54) is 18.4 Å². The van der Waals surface area contributed by atoms with Gasteiger partial charge in [-0.2, -0.15) is 0 Å². The van der Waals surface area contributed by atoms with Crippen LogP contribution >= 0.6 is 23.2 Å². The Morgan fingerprint density at radius 2 is 1.83 bits per heavy atom. The second-order valence-electron chi connectivity index (χ2n) is 5.79. The minimum atomic E-state index is -0.269. The van der Waals surface area contributed by atoms with Crippen LogP contribution in [0.15, 0.2) is 42.5 Å². The highest BCUT2D eigenvalue weighted by molar-refractivity contribution is 6.35. The van der Waals surface area contributed by atoms with Crippen molar-refractivity contribution in [2.45, 2.75) is 39.2 Å². The number of anilines is 1. The number of benzene rings is 2. The number of nitrogens with one attached hydrogen (secondary N) is 2. The maximum atomic E-state index is 12.1. The monoisotopic (exact) mass is 364 g/mol. The Morgan fingerprint density at radius 3 is 2.46 bits per heavy atom. The molecule has 2 amide bonds. The third-order valence-corrected chi connectivity index (χ3v) is 4.37. The maximum Gasteiger partial charge on any atom is 0.319 e. The minimum absolute atomic E-state index is 0.224. The van der Waals surface area contributed by atoms with Crippen molar-refractivity contribution >= 4 is 34.9 Å². The van der Waals surface area contributed by atoms with Gasteiger partial charge in [-0.15, -0.1) is 0 Å². The Labute approximate surface area is 153 Å². The van der Waals surface area contributed by atoms with Crippen LogP contribution < -0.4 is 10.6 Å². The first-order chi connectivity index (χ1) is 11.5. The molecule has 1 atom stereocenters. The van der Waals surface area contributed by atoms with E-state index in [1.807, 2.05) is 37.3 Å². The maximum absolute atomic E-state index is 12.1. The summed E-state index contributed by atoms with van der Waals surface area (Å²) in [7, 11) is 0. The van der Waals surface area contributed by atoms with E-state index in [-0.39, 0.29) is 12.1 Å². The lowest BCUT2D eigenvalue weighted by atomic mass is 10.1. The molecule has 0 aliphatic carbocycles. The summed E-state index contributed by atoms with van der Waals surface area (Å²) in [6, 6.07) is 12.7. The molecule has 0 aromatic heterocycles. The molecule has 3 nitrogen and oxygen atoms in total. The van der Waals surface area contributed by atoms with Crippen LogP contribution in [0.5, 0.6) is 0 Å². The molecule has 0 aliphatic heterocycles. The topological polar surface area (TPSA) is 41.1 Å². The summed E-state index contributed by atoms with van der Waals surface area (Å²) in [5.41, 5.74) is 2.87. The Balaban J connectivity index is 1.92. The van der Waals surface area contributed by atoms with Gasteiger partial charge in [0.05, 0.1) is 6.04 Å². The largest absolute Gasteiger partial charge is 0.331 e. The Hall–Kier alpha value is -1.71. The van der Waals surface area contributed by atoms with Gasteiger partial charge in [-0.3, -0.25) is 0 Å². The van der Waals surface area contributed by atoms with Gasteiger partial charge >= 0.3 is 6.03 Å². The van der Waals surface area contributed by atoms with Crippen LogP contribution in [-0.2, 0) is 6.42 Å². The molecule has 0 saturated carbocycles. The van der Waals surface area contributed by atoms with Gasteiger partial charge < -0.3 is 10.6 Å². The van der Waals surface area contributed by atoms with E-state index in [2.05, 4.69) is 17.6 Å². The number of halogens is 2. The lowest BCUT2D eigenvalue weighted by Crippen LogP contribution is -2.31. The molecule has 0 saturated heterocycles. The summed E-state index contributed by atoms with van der Waals surface area (Å²) < 4.78 is 0. The third kappa shape index (κ3) is 5.43. The second kappa shape index (κ2) is 8.95. The van der Waals surface area contributed by atoms with Crippen molar-refractivity contribution in [1.29, 1.82) is 0 Å². The molecule has 0 heterocycles. The van der Waals surface area contributed by atoms with Gasteiger partial charge in [0.1, 0.15) is 0 Å². The first-order valence-corrected chi connectivity index (χ1v) is 8.86. The zero-order valence-corrected chi connectivity index (χ0v) is 15.4. The zero-order chi connectivity index (χ0) is 17.5. The summed E-state index contributed by atoms with van der Waals surface area (Å²) in [6.07, 6.45) is 3.41.